The molecule has 0 aliphatic rings. The Labute approximate surface area is 124 Å². The van der Waals surface area contributed by atoms with Gasteiger partial charge in [0, 0.05) is 30.4 Å². The highest BCUT2D eigenvalue weighted by Crippen LogP contribution is 2.18. The summed E-state index contributed by atoms with van der Waals surface area (Å²) in [4.78, 5) is 8.16. The lowest BCUT2D eigenvalue weighted by molar-refractivity contribution is 0.435. The van der Waals surface area contributed by atoms with Gasteiger partial charge in [-0.2, -0.15) is 0 Å². The molecule has 0 radical (unpaired) electrons. The number of aromatic nitrogens is 2. The van der Waals surface area contributed by atoms with E-state index in [0.29, 0.717) is 11.3 Å². The molecule has 5 heteroatoms. The van der Waals surface area contributed by atoms with Crippen LogP contribution in [0.5, 0.6) is 0 Å². The van der Waals surface area contributed by atoms with Crippen LogP contribution in [-0.4, -0.2) is 28.6 Å². The second kappa shape index (κ2) is 6.63. The Morgan fingerprint density at radius 1 is 1.10 bits per heavy atom. The van der Waals surface area contributed by atoms with Crippen LogP contribution in [0, 0.1) is 5.82 Å². The lowest BCUT2D eigenvalue weighted by Gasteiger charge is -2.20. The maximum atomic E-state index is 13.1. The summed E-state index contributed by atoms with van der Waals surface area (Å²) in [5, 5.41) is 6.70. The number of hydrogen-bond donors (Lipinski definition) is 2. The Kier molecular flexibility index (Phi) is 4.85. The normalized spacial score (nSPS) is 11.4. The van der Waals surface area contributed by atoms with Crippen molar-refractivity contribution in [2.45, 2.75) is 26.3 Å². The molecular formula is C16H21FN4. The molecule has 0 bridgehead atoms. The summed E-state index contributed by atoms with van der Waals surface area (Å²) in [7, 11) is 0. The number of halogens is 1. The fourth-order valence-electron chi connectivity index (χ4n) is 1.87. The van der Waals surface area contributed by atoms with Gasteiger partial charge in [0.1, 0.15) is 5.82 Å². The number of pyridine rings is 2. The fraction of sp³-hybridized carbons (Fsp3) is 0.375. The quantitative estimate of drug-likeness (QED) is 0.830. The predicted molar refractivity (Wildman–Crippen MR) is 83.7 cm³/mol. The molecule has 2 rings (SSSR count). The van der Waals surface area contributed by atoms with E-state index < -0.39 is 0 Å². The van der Waals surface area contributed by atoms with Crippen molar-refractivity contribution in [3.05, 3.63) is 42.6 Å². The van der Waals surface area contributed by atoms with Gasteiger partial charge in [0.25, 0.3) is 0 Å². The third-order valence-corrected chi connectivity index (χ3v) is 2.87. The molecule has 4 nitrogen and oxygen atoms in total. The average Bonchev–Trinajstić information content (AvgIpc) is 2.43. The molecule has 0 atom stereocenters. The molecule has 0 unspecified atom stereocenters. The standard InChI is InChI=1S/C16H21FN4/c1-16(2,3)21-7-6-19-14-4-5-15(20-11-14)12-8-13(17)10-18-9-12/h4-5,8-11,19,21H,6-7H2,1-3H3. The zero-order valence-electron chi connectivity index (χ0n) is 12.7. The van der Waals surface area contributed by atoms with Gasteiger partial charge in [-0.15, -0.1) is 0 Å². The lowest BCUT2D eigenvalue weighted by Crippen LogP contribution is -2.38. The first kappa shape index (κ1) is 15.4. The highest BCUT2D eigenvalue weighted by atomic mass is 19.1. The zero-order chi connectivity index (χ0) is 15.3. The van der Waals surface area contributed by atoms with Gasteiger partial charge in [0.15, 0.2) is 0 Å². The van der Waals surface area contributed by atoms with Gasteiger partial charge in [-0.25, -0.2) is 4.39 Å². The van der Waals surface area contributed by atoms with Gasteiger partial charge < -0.3 is 10.6 Å². The van der Waals surface area contributed by atoms with Gasteiger partial charge in [-0.3, -0.25) is 9.97 Å². The van der Waals surface area contributed by atoms with Crippen molar-refractivity contribution in [1.82, 2.24) is 15.3 Å². The van der Waals surface area contributed by atoms with Gasteiger partial charge in [-0.05, 0) is 39.0 Å². The van der Waals surface area contributed by atoms with E-state index >= 15 is 0 Å². The van der Waals surface area contributed by atoms with Crippen molar-refractivity contribution >= 4 is 5.69 Å². The summed E-state index contributed by atoms with van der Waals surface area (Å²) in [6.45, 7) is 8.10. The molecule has 0 aromatic carbocycles. The fourth-order valence-corrected chi connectivity index (χ4v) is 1.87. The van der Waals surface area contributed by atoms with Crippen LogP contribution in [0.1, 0.15) is 20.8 Å². The smallest absolute Gasteiger partial charge is 0.142 e. The second-order valence-corrected chi connectivity index (χ2v) is 5.93. The molecule has 0 aliphatic carbocycles. The monoisotopic (exact) mass is 288 g/mol. The van der Waals surface area contributed by atoms with Gasteiger partial charge in [0.05, 0.1) is 23.8 Å². The van der Waals surface area contributed by atoms with E-state index in [0.717, 1.165) is 18.8 Å². The summed E-state index contributed by atoms with van der Waals surface area (Å²) in [5.41, 5.74) is 2.45. The number of nitrogens with zero attached hydrogens (tertiary/aromatic N) is 2. The molecule has 2 aromatic heterocycles. The van der Waals surface area contributed by atoms with Crippen molar-refractivity contribution in [2.75, 3.05) is 18.4 Å². The summed E-state index contributed by atoms with van der Waals surface area (Å²) in [6, 6.07) is 5.22. The van der Waals surface area contributed by atoms with Crippen LogP contribution in [0.15, 0.2) is 36.8 Å². The number of rotatable bonds is 5. The lowest BCUT2D eigenvalue weighted by atomic mass is 10.1. The minimum atomic E-state index is -0.357. The second-order valence-electron chi connectivity index (χ2n) is 5.93. The van der Waals surface area contributed by atoms with Gasteiger partial charge in [0.2, 0.25) is 0 Å². The van der Waals surface area contributed by atoms with Crippen LogP contribution in [-0.2, 0) is 0 Å². The third kappa shape index (κ3) is 5.11. The van der Waals surface area contributed by atoms with Crippen LogP contribution in [0.2, 0.25) is 0 Å². The predicted octanol–water partition coefficient (Wildman–Crippen LogP) is 3.08. The van der Waals surface area contributed by atoms with Crippen LogP contribution < -0.4 is 10.6 Å². The molecule has 0 spiro atoms. The molecule has 0 fully saturated rings. The summed E-state index contributed by atoms with van der Waals surface area (Å²) >= 11 is 0. The molecule has 2 N–H and O–H groups in total. The van der Waals surface area contributed by atoms with E-state index in [2.05, 4.69) is 41.4 Å². The Bertz CT molecular complexity index is 576. The zero-order valence-corrected chi connectivity index (χ0v) is 12.7. The molecule has 0 saturated heterocycles. The maximum Gasteiger partial charge on any atom is 0.142 e. The minimum Gasteiger partial charge on any atom is -0.383 e. The van der Waals surface area contributed by atoms with E-state index in [1.54, 1.807) is 12.4 Å². The molecule has 0 saturated carbocycles. The van der Waals surface area contributed by atoms with Crippen molar-refractivity contribution < 1.29 is 4.39 Å². The molecular weight excluding hydrogens is 267 g/mol. The summed E-state index contributed by atoms with van der Waals surface area (Å²) in [5.74, 6) is -0.357. The Balaban J connectivity index is 1.90. The first-order chi connectivity index (χ1) is 9.94. The first-order valence-electron chi connectivity index (χ1n) is 7.00. The summed E-state index contributed by atoms with van der Waals surface area (Å²) in [6.07, 6.45) is 4.53. The Hall–Kier alpha value is -2.01. The Morgan fingerprint density at radius 3 is 2.52 bits per heavy atom. The van der Waals surface area contributed by atoms with Crippen LogP contribution in [0.4, 0.5) is 10.1 Å². The Morgan fingerprint density at radius 2 is 1.90 bits per heavy atom. The van der Waals surface area contributed by atoms with E-state index in [1.165, 1.54) is 12.3 Å². The molecule has 2 heterocycles. The molecule has 112 valence electrons. The van der Waals surface area contributed by atoms with Crippen molar-refractivity contribution in [3.63, 3.8) is 0 Å². The summed E-state index contributed by atoms with van der Waals surface area (Å²) < 4.78 is 13.1. The van der Waals surface area contributed by atoms with Crippen molar-refractivity contribution in [1.29, 1.82) is 0 Å². The molecule has 2 aromatic rings. The number of nitrogens with one attached hydrogen (secondary N) is 2. The minimum absolute atomic E-state index is 0.119. The van der Waals surface area contributed by atoms with Crippen LogP contribution in [0.25, 0.3) is 11.3 Å². The van der Waals surface area contributed by atoms with Crippen LogP contribution in [0.3, 0.4) is 0 Å². The van der Waals surface area contributed by atoms with E-state index in [4.69, 9.17) is 0 Å². The van der Waals surface area contributed by atoms with E-state index in [9.17, 15) is 4.39 Å². The average molecular weight is 288 g/mol. The SMILES string of the molecule is CC(C)(C)NCCNc1ccc(-c2cncc(F)c2)nc1. The molecule has 0 amide bonds. The van der Waals surface area contributed by atoms with Crippen LogP contribution >= 0.6 is 0 Å². The van der Waals surface area contributed by atoms with Gasteiger partial charge in [-0.1, -0.05) is 0 Å². The van der Waals surface area contributed by atoms with Crippen molar-refractivity contribution in [2.24, 2.45) is 0 Å². The van der Waals surface area contributed by atoms with E-state index in [1.807, 2.05) is 12.1 Å². The number of hydrogen-bond acceptors (Lipinski definition) is 4. The van der Waals surface area contributed by atoms with Gasteiger partial charge >= 0.3 is 0 Å². The largest absolute Gasteiger partial charge is 0.383 e. The first-order valence-corrected chi connectivity index (χ1v) is 7.00. The highest BCUT2D eigenvalue weighted by Gasteiger charge is 2.07. The maximum absolute atomic E-state index is 13.1. The highest BCUT2D eigenvalue weighted by molar-refractivity contribution is 5.59. The topological polar surface area (TPSA) is 49.8 Å². The number of anilines is 1. The van der Waals surface area contributed by atoms with E-state index in [-0.39, 0.29) is 11.4 Å². The van der Waals surface area contributed by atoms with Crippen molar-refractivity contribution in [3.8, 4) is 11.3 Å². The molecule has 0 aliphatic heterocycles. The molecule has 21 heavy (non-hydrogen) atoms. The third-order valence-electron chi connectivity index (χ3n) is 2.87.